The van der Waals surface area contributed by atoms with Gasteiger partial charge in [0.25, 0.3) is 0 Å². The van der Waals surface area contributed by atoms with Crippen molar-refractivity contribution >= 4 is 11.8 Å². The Morgan fingerprint density at radius 1 is 1.24 bits per heavy atom. The fourth-order valence-electron chi connectivity index (χ4n) is 2.98. The number of carbonyl (C=O) groups excluding carboxylic acids is 2. The molecule has 1 atom stereocenters. The average molecular weight is 286 g/mol. The number of likely N-dealkylation sites (tertiary alicyclic amines) is 1. The summed E-state index contributed by atoms with van der Waals surface area (Å²) in [6, 6.07) is 10.3. The summed E-state index contributed by atoms with van der Waals surface area (Å²) in [6.45, 7) is 4.57. The first-order chi connectivity index (χ1) is 9.97. The second-order valence-corrected chi connectivity index (χ2v) is 6.66. The first-order valence-corrected chi connectivity index (χ1v) is 7.64. The molecule has 4 nitrogen and oxygen atoms in total. The van der Waals surface area contributed by atoms with E-state index < -0.39 is 5.54 Å². The van der Waals surface area contributed by atoms with Crippen molar-refractivity contribution in [3.05, 3.63) is 35.9 Å². The van der Waals surface area contributed by atoms with Crippen LogP contribution in [0.3, 0.4) is 0 Å². The molecule has 2 aliphatic rings. The molecule has 2 amide bonds. The van der Waals surface area contributed by atoms with Gasteiger partial charge in [-0.2, -0.15) is 0 Å². The lowest BCUT2D eigenvalue weighted by Crippen LogP contribution is -2.44. The summed E-state index contributed by atoms with van der Waals surface area (Å²) in [5.41, 5.74) is 0.649. The zero-order chi connectivity index (χ0) is 15.0. The Hall–Kier alpha value is -1.84. The van der Waals surface area contributed by atoms with Crippen LogP contribution in [0.2, 0.25) is 0 Å². The molecule has 1 aromatic rings. The van der Waals surface area contributed by atoms with E-state index in [2.05, 4.69) is 5.32 Å². The lowest BCUT2D eigenvalue weighted by molar-refractivity contribution is -0.129. The molecular formula is C17H22N2O2. The van der Waals surface area contributed by atoms with E-state index in [1.54, 1.807) is 0 Å². The van der Waals surface area contributed by atoms with Gasteiger partial charge in [0, 0.05) is 19.0 Å². The van der Waals surface area contributed by atoms with E-state index in [1.807, 2.05) is 49.1 Å². The maximum atomic E-state index is 12.5. The van der Waals surface area contributed by atoms with Crippen LogP contribution in [-0.4, -0.2) is 29.3 Å². The Morgan fingerprint density at radius 3 is 2.52 bits per heavy atom. The maximum Gasteiger partial charge on any atom is 0.226 e. The molecule has 21 heavy (non-hydrogen) atoms. The normalized spacial score (nSPS) is 22.5. The van der Waals surface area contributed by atoms with Crippen molar-refractivity contribution in [2.24, 2.45) is 5.92 Å². The molecule has 0 unspecified atom stereocenters. The summed E-state index contributed by atoms with van der Waals surface area (Å²) in [4.78, 5) is 26.3. The number of hydrogen-bond donors (Lipinski definition) is 1. The van der Waals surface area contributed by atoms with Gasteiger partial charge in [-0.1, -0.05) is 30.3 Å². The van der Waals surface area contributed by atoms with Gasteiger partial charge in [0.05, 0.1) is 11.5 Å². The minimum atomic E-state index is -0.422. The quantitative estimate of drug-likeness (QED) is 0.921. The average Bonchev–Trinajstić information content (AvgIpc) is 3.22. The fourth-order valence-corrected chi connectivity index (χ4v) is 2.98. The molecule has 1 aliphatic heterocycles. The van der Waals surface area contributed by atoms with E-state index in [0.717, 1.165) is 18.4 Å². The largest absolute Gasteiger partial charge is 0.347 e. The van der Waals surface area contributed by atoms with Crippen LogP contribution >= 0.6 is 0 Å². The lowest BCUT2D eigenvalue weighted by Gasteiger charge is -2.28. The van der Waals surface area contributed by atoms with Crippen molar-refractivity contribution in [1.82, 2.24) is 10.2 Å². The van der Waals surface area contributed by atoms with E-state index in [1.165, 1.54) is 0 Å². The number of hydrogen-bond acceptors (Lipinski definition) is 2. The minimum Gasteiger partial charge on any atom is -0.347 e. The first kappa shape index (κ1) is 14.1. The zero-order valence-electron chi connectivity index (χ0n) is 12.6. The molecule has 2 fully saturated rings. The number of amides is 2. The number of benzene rings is 1. The SMILES string of the molecule is CC(C)(NC(=O)[C@H]1CC(=O)N(C2CC2)C1)c1ccccc1. The van der Waals surface area contributed by atoms with Crippen LogP contribution in [0.15, 0.2) is 30.3 Å². The highest BCUT2D eigenvalue weighted by atomic mass is 16.2. The van der Waals surface area contributed by atoms with Crippen molar-refractivity contribution in [1.29, 1.82) is 0 Å². The second-order valence-electron chi connectivity index (χ2n) is 6.66. The van der Waals surface area contributed by atoms with Crippen LogP contribution in [0.25, 0.3) is 0 Å². The molecular weight excluding hydrogens is 264 g/mol. The topological polar surface area (TPSA) is 49.4 Å². The third-order valence-corrected chi connectivity index (χ3v) is 4.45. The minimum absolute atomic E-state index is 0.0136. The van der Waals surface area contributed by atoms with Gasteiger partial charge in [0.2, 0.25) is 11.8 Å². The van der Waals surface area contributed by atoms with Crippen molar-refractivity contribution in [3.8, 4) is 0 Å². The van der Waals surface area contributed by atoms with Crippen molar-refractivity contribution in [2.45, 2.75) is 44.7 Å². The van der Waals surface area contributed by atoms with Gasteiger partial charge in [-0.05, 0) is 32.3 Å². The van der Waals surface area contributed by atoms with E-state index in [9.17, 15) is 9.59 Å². The van der Waals surface area contributed by atoms with E-state index in [0.29, 0.717) is 19.0 Å². The highest BCUT2D eigenvalue weighted by molar-refractivity contribution is 5.89. The molecule has 112 valence electrons. The molecule has 1 aromatic carbocycles. The Labute approximate surface area is 125 Å². The van der Waals surface area contributed by atoms with Gasteiger partial charge >= 0.3 is 0 Å². The highest BCUT2D eigenvalue weighted by Crippen LogP contribution is 2.33. The van der Waals surface area contributed by atoms with Crippen molar-refractivity contribution < 1.29 is 9.59 Å². The molecule has 1 aliphatic carbocycles. The summed E-state index contributed by atoms with van der Waals surface area (Å²) in [5, 5.41) is 3.10. The summed E-state index contributed by atoms with van der Waals surface area (Å²) < 4.78 is 0. The van der Waals surface area contributed by atoms with E-state index >= 15 is 0 Å². The Morgan fingerprint density at radius 2 is 1.90 bits per heavy atom. The van der Waals surface area contributed by atoms with E-state index in [-0.39, 0.29) is 17.7 Å². The number of nitrogens with zero attached hydrogens (tertiary/aromatic N) is 1. The summed E-state index contributed by atoms with van der Waals surface area (Å²) >= 11 is 0. The molecule has 0 bridgehead atoms. The van der Waals surface area contributed by atoms with Crippen LogP contribution in [0, 0.1) is 5.92 Å². The number of nitrogens with one attached hydrogen (secondary N) is 1. The Balaban J connectivity index is 1.65. The highest BCUT2D eigenvalue weighted by Gasteiger charge is 2.42. The second kappa shape index (κ2) is 5.17. The van der Waals surface area contributed by atoms with Gasteiger partial charge in [-0.25, -0.2) is 0 Å². The van der Waals surface area contributed by atoms with E-state index in [4.69, 9.17) is 0 Å². The number of rotatable bonds is 4. The van der Waals surface area contributed by atoms with Crippen LogP contribution < -0.4 is 5.32 Å². The van der Waals surface area contributed by atoms with Gasteiger partial charge in [-0.3, -0.25) is 9.59 Å². The van der Waals surface area contributed by atoms with Crippen molar-refractivity contribution in [2.75, 3.05) is 6.54 Å². The summed E-state index contributed by atoms with van der Waals surface area (Å²) in [6.07, 6.45) is 2.54. The number of carbonyl (C=O) groups is 2. The third-order valence-electron chi connectivity index (χ3n) is 4.45. The standard InChI is InChI=1S/C17H22N2O2/c1-17(2,13-6-4-3-5-7-13)18-16(21)12-10-15(20)19(11-12)14-8-9-14/h3-7,12,14H,8-11H2,1-2H3,(H,18,21)/t12-/m0/s1. The summed E-state index contributed by atoms with van der Waals surface area (Å²) in [5.74, 6) is -0.0865. The molecule has 1 N–H and O–H groups in total. The molecule has 4 heteroatoms. The van der Waals surface area contributed by atoms with Gasteiger partial charge in [0.15, 0.2) is 0 Å². The Kier molecular flexibility index (Phi) is 3.47. The van der Waals surface area contributed by atoms with Gasteiger partial charge in [0.1, 0.15) is 0 Å². The molecule has 0 aromatic heterocycles. The molecule has 1 saturated carbocycles. The fraction of sp³-hybridized carbons (Fsp3) is 0.529. The van der Waals surface area contributed by atoms with Crippen molar-refractivity contribution in [3.63, 3.8) is 0 Å². The summed E-state index contributed by atoms with van der Waals surface area (Å²) in [7, 11) is 0. The Bertz CT molecular complexity index is 549. The molecule has 1 heterocycles. The van der Waals surface area contributed by atoms with Crippen LogP contribution in [-0.2, 0) is 15.1 Å². The first-order valence-electron chi connectivity index (χ1n) is 7.64. The van der Waals surface area contributed by atoms with Gasteiger partial charge < -0.3 is 10.2 Å². The maximum absolute atomic E-state index is 12.5. The van der Waals surface area contributed by atoms with Crippen LogP contribution in [0.1, 0.15) is 38.7 Å². The molecule has 0 spiro atoms. The van der Waals surface area contributed by atoms with Gasteiger partial charge in [-0.15, -0.1) is 0 Å². The third kappa shape index (κ3) is 2.94. The molecule has 3 rings (SSSR count). The predicted molar refractivity (Wildman–Crippen MR) is 80.5 cm³/mol. The smallest absolute Gasteiger partial charge is 0.226 e. The predicted octanol–water partition coefficient (Wildman–Crippen LogP) is 2.05. The molecule has 0 radical (unpaired) electrons. The monoisotopic (exact) mass is 286 g/mol. The van der Waals surface area contributed by atoms with Crippen LogP contribution in [0.5, 0.6) is 0 Å². The molecule has 1 saturated heterocycles. The lowest BCUT2D eigenvalue weighted by atomic mass is 9.93. The van der Waals surface area contributed by atoms with Crippen LogP contribution in [0.4, 0.5) is 0 Å². The zero-order valence-corrected chi connectivity index (χ0v) is 12.6.